The average molecular weight is 341 g/mol. The van der Waals surface area contributed by atoms with Gasteiger partial charge < -0.3 is 9.47 Å². The van der Waals surface area contributed by atoms with Crippen LogP contribution in [0.5, 0.6) is 0 Å². The third-order valence-electron chi connectivity index (χ3n) is 3.45. The van der Waals surface area contributed by atoms with Crippen LogP contribution in [0.4, 0.5) is 0 Å². The summed E-state index contributed by atoms with van der Waals surface area (Å²) in [5, 5.41) is 0. The van der Waals surface area contributed by atoms with E-state index >= 15 is 0 Å². The summed E-state index contributed by atoms with van der Waals surface area (Å²) in [6.07, 6.45) is 11.1. The number of hydrogen-bond donors (Lipinski definition) is 0. The lowest BCUT2D eigenvalue weighted by molar-refractivity contribution is -0.165. The first-order chi connectivity index (χ1) is 11.6. The second kappa shape index (κ2) is 17.8. The van der Waals surface area contributed by atoms with Crippen molar-refractivity contribution in [1.29, 1.82) is 0 Å². The Bertz CT molecular complexity index is 379. The largest absolute Gasteiger partial charge is 0.428 e. The van der Waals surface area contributed by atoms with Gasteiger partial charge in [-0.15, -0.1) is 0 Å². The van der Waals surface area contributed by atoms with Gasteiger partial charge in [0.05, 0.1) is 0 Å². The Labute approximate surface area is 148 Å². The predicted octanol–water partition coefficient (Wildman–Crippen LogP) is 5.58. The van der Waals surface area contributed by atoms with Crippen LogP contribution in [0.15, 0.2) is 23.8 Å². The van der Waals surface area contributed by atoms with E-state index in [9.17, 15) is 9.59 Å². The van der Waals surface area contributed by atoms with Gasteiger partial charge in [-0.25, -0.2) is 4.79 Å². The first-order valence-electron chi connectivity index (χ1n) is 9.16. The Morgan fingerprint density at radius 3 is 2.33 bits per heavy atom. The molecule has 4 nitrogen and oxygen atoms in total. The molecular formula is C20H36O4. The van der Waals surface area contributed by atoms with Crippen LogP contribution in [0, 0.1) is 5.92 Å². The van der Waals surface area contributed by atoms with E-state index in [4.69, 9.17) is 9.47 Å². The van der Waals surface area contributed by atoms with Crippen molar-refractivity contribution < 1.29 is 19.1 Å². The molecule has 0 aromatic heterocycles. The summed E-state index contributed by atoms with van der Waals surface area (Å²) in [5.41, 5.74) is 0.714. The zero-order valence-corrected chi connectivity index (χ0v) is 16.4. The molecule has 0 aliphatic heterocycles. The van der Waals surface area contributed by atoms with Crippen LogP contribution in [0.25, 0.3) is 0 Å². The van der Waals surface area contributed by atoms with E-state index in [1.165, 1.54) is 0 Å². The highest BCUT2D eigenvalue weighted by atomic mass is 16.7. The Morgan fingerprint density at radius 2 is 1.83 bits per heavy atom. The topological polar surface area (TPSA) is 52.6 Å². The maximum atomic E-state index is 11.7. The zero-order chi connectivity index (χ0) is 18.8. The number of esters is 2. The highest BCUT2D eigenvalue weighted by Crippen LogP contribution is 2.24. The fraction of sp³-hybridized carbons (Fsp3) is 0.700. The highest BCUT2D eigenvalue weighted by Gasteiger charge is 2.21. The molecule has 0 aromatic rings. The fourth-order valence-electron chi connectivity index (χ4n) is 1.95. The van der Waals surface area contributed by atoms with Crippen molar-refractivity contribution in [1.82, 2.24) is 0 Å². The quantitative estimate of drug-likeness (QED) is 0.360. The Balaban J connectivity index is 0. The summed E-state index contributed by atoms with van der Waals surface area (Å²) in [4.78, 5) is 22.9. The Hall–Kier alpha value is -1.58. The third-order valence-corrected chi connectivity index (χ3v) is 3.45. The van der Waals surface area contributed by atoms with Crippen molar-refractivity contribution in [2.75, 3.05) is 6.79 Å². The van der Waals surface area contributed by atoms with E-state index in [1.807, 2.05) is 59.8 Å². The molecule has 140 valence electrons. The van der Waals surface area contributed by atoms with Crippen molar-refractivity contribution >= 4 is 11.9 Å². The monoisotopic (exact) mass is 340 g/mol. The van der Waals surface area contributed by atoms with Crippen LogP contribution >= 0.6 is 0 Å². The molecule has 1 rings (SSSR count). The maximum Gasteiger partial charge on any atom is 0.336 e. The molecule has 1 atom stereocenters. The molecule has 24 heavy (non-hydrogen) atoms. The van der Waals surface area contributed by atoms with Crippen LogP contribution < -0.4 is 0 Å². The van der Waals surface area contributed by atoms with E-state index in [0.29, 0.717) is 12.0 Å². The van der Waals surface area contributed by atoms with E-state index in [-0.39, 0.29) is 24.6 Å². The lowest BCUT2D eigenvalue weighted by Crippen LogP contribution is -2.19. The van der Waals surface area contributed by atoms with Crippen LogP contribution in [0.3, 0.4) is 0 Å². The minimum absolute atomic E-state index is 0.238. The average Bonchev–Trinajstić information content (AvgIpc) is 2.62. The van der Waals surface area contributed by atoms with Gasteiger partial charge in [-0.05, 0) is 45.4 Å². The van der Waals surface area contributed by atoms with Gasteiger partial charge in [0.25, 0.3) is 0 Å². The number of rotatable bonds is 6. The normalized spacial score (nSPS) is 16.1. The Kier molecular flexibility index (Phi) is 18.3. The first kappa shape index (κ1) is 24.7. The highest BCUT2D eigenvalue weighted by molar-refractivity contribution is 5.89. The number of ether oxygens (including phenoxy) is 2. The van der Waals surface area contributed by atoms with E-state index < -0.39 is 0 Å². The number of unbranched alkanes of at least 4 members (excludes halogenated alkanes) is 1. The molecule has 1 unspecified atom stereocenters. The van der Waals surface area contributed by atoms with Gasteiger partial charge in [-0.2, -0.15) is 0 Å². The number of hydrogen-bond acceptors (Lipinski definition) is 4. The number of allylic oxidation sites excluding steroid dienone is 3. The molecule has 0 aromatic carbocycles. The van der Waals surface area contributed by atoms with Crippen molar-refractivity contribution in [3.63, 3.8) is 0 Å². The molecule has 0 heterocycles. The summed E-state index contributed by atoms with van der Waals surface area (Å²) in [5.74, 6) is -0.428. The van der Waals surface area contributed by atoms with Gasteiger partial charge in [-0.1, -0.05) is 52.3 Å². The molecule has 0 amide bonds. The molecule has 0 saturated carbocycles. The molecule has 0 fully saturated rings. The predicted molar refractivity (Wildman–Crippen MR) is 99.5 cm³/mol. The molecule has 0 spiro atoms. The van der Waals surface area contributed by atoms with E-state index in [1.54, 1.807) is 0 Å². The lowest BCUT2D eigenvalue weighted by atomic mass is 9.89. The lowest BCUT2D eigenvalue weighted by Gasteiger charge is -2.18. The summed E-state index contributed by atoms with van der Waals surface area (Å²) < 4.78 is 9.78. The van der Waals surface area contributed by atoms with Crippen molar-refractivity contribution in [3.05, 3.63) is 23.8 Å². The maximum absolute atomic E-state index is 11.7. The molecule has 1 aliphatic carbocycles. The summed E-state index contributed by atoms with van der Waals surface area (Å²) >= 11 is 0. The minimum Gasteiger partial charge on any atom is -0.428 e. The van der Waals surface area contributed by atoms with Gasteiger partial charge in [0.2, 0.25) is 6.79 Å². The van der Waals surface area contributed by atoms with Crippen LogP contribution in [0.1, 0.15) is 80.1 Å². The first-order valence-corrected chi connectivity index (χ1v) is 9.16. The Morgan fingerprint density at radius 1 is 1.21 bits per heavy atom. The standard InChI is InChI=1S/C14H22O4.C4H8.C2H6/c1-3-4-9-13(15)17-10-18-14(16)12-8-6-5-7-11(12)2;1-3-4-2;1-2/h8,11H,3-7,9-10H2,1-2H3;3-4H,1-2H3;1-2H3/b;4-3-;. The van der Waals surface area contributed by atoms with Gasteiger partial charge in [0, 0.05) is 12.0 Å². The van der Waals surface area contributed by atoms with E-state index in [2.05, 4.69) is 0 Å². The third kappa shape index (κ3) is 12.9. The number of carbonyl (C=O) groups is 2. The van der Waals surface area contributed by atoms with E-state index in [0.717, 1.165) is 32.1 Å². The van der Waals surface area contributed by atoms with Gasteiger partial charge >= 0.3 is 11.9 Å². The van der Waals surface area contributed by atoms with Gasteiger partial charge in [0.1, 0.15) is 0 Å². The van der Waals surface area contributed by atoms with Crippen LogP contribution in [0.2, 0.25) is 0 Å². The van der Waals surface area contributed by atoms with Gasteiger partial charge in [0.15, 0.2) is 0 Å². The van der Waals surface area contributed by atoms with Crippen molar-refractivity contribution in [2.24, 2.45) is 5.92 Å². The molecule has 0 bridgehead atoms. The smallest absolute Gasteiger partial charge is 0.336 e. The second-order valence-electron chi connectivity index (χ2n) is 5.33. The zero-order valence-electron chi connectivity index (χ0n) is 16.4. The molecule has 4 heteroatoms. The molecule has 0 radical (unpaired) electrons. The summed E-state index contributed by atoms with van der Waals surface area (Å²) in [6.45, 7) is 11.7. The molecule has 1 aliphatic rings. The van der Waals surface area contributed by atoms with Crippen LogP contribution in [-0.4, -0.2) is 18.7 Å². The fourth-order valence-corrected chi connectivity index (χ4v) is 1.95. The van der Waals surface area contributed by atoms with Crippen molar-refractivity contribution in [2.45, 2.75) is 80.1 Å². The molecule has 0 saturated heterocycles. The number of carbonyl (C=O) groups excluding carboxylic acids is 2. The minimum atomic E-state index is -0.356. The van der Waals surface area contributed by atoms with Crippen LogP contribution in [-0.2, 0) is 19.1 Å². The summed E-state index contributed by atoms with van der Waals surface area (Å²) in [7, 11) is 0. The SMILES string of the molecule is C/C=C\C.CC.CCCCC(=O)OCOC(=O)C1=CCCCC1C. The molecular weight excluding hydrogens is 304 g/mol. The van der Waals surface area contributed by atoms with Gasteiger partial charge in [-0.3, -0.25) is 4.79 Å². The summed E-state index contributed by atoms with van der Waals surface area (Å²) in [6, 6.07) is 0. The second-order valence-corrected chi connectivity index (χ2v) is 5.33. The van der Waals surface area contributed by atoms with Crippen molar-refractivity contribution in [3.8, 4) is 0 Å². The molecule has 0 N–H and O–H groups in total.